The van der Waals surface area contributed by atoms with Crippen molar-refractivity contribution < 1.29 is 9.53 Å². The van der Waals surface area contributed by atoms with Gasteiger partial charge in [-0.1, -0.05) is 27.2 Å². The second-order valence-corrected chi connectivity index (χ2v) is 9.48. The van der Waals surface area contributed by atoms with Gasteiger partial charge in [-0.3, -0.25) is 4.79 Å². The van der Waals surface area contributed by atoms with Crippen molar-refractivity contribution in [3.63, 3.8) is 0 Å². The summed E-state index contributed by atoms with van der Waals surface area (Å²) in [5.41, 5.74) is 3.63. The number of ether oxygens (including phenoxy) is 1. The molecule has 3 aromatic heterocycles. The highest BCUT2D eigenvalue weighted by molar-refractivity contribution is 5.83. The predicted molar refractivity (Wildman–Crippen MR) is 140 cm³/mol. The number of anilines is 1. The second-order valence-electron chi connectivity index (χ2n) is 9.48. The fourth-order valence-electron chi connectivity index (χ4n) is 4.04. The minimum Gasteiger partial charge on any atom is -0.481 e. The number of hydrogen-bond donors (Lipinski definition) is 1. The summed E-state index contributed by atoms with van der Waals surface area (Å²) in [7, 11) is 3.32. The lowest BCUT2D eigenvalue weighted by molar-refractivity contribution is -0.132. The second kappa shape index (κ2) is 12.4. The van der Waals surface area contributed by atoms with Crippen molar-refractivity contribution in [1.82, 2.24) is 35.1 Å². The zero-order valence-electron chi connectivity index (χ0n) is 22.4. The molecule has 0 aromatic carbocycles. The number of tetrazole rings is 1. The lowest BCUT2D eigenvalue weighted by Gasteiger charge is -2.28. The molecular weight excluding hydrogens is 456 g/mol. The summed E-state index contributed by atoms with van der Waals surface area (Å²) in [4.78, 5) is 25.9. The lowest BCUT2D eigenvalue weighted by Crippen LogP contribution is -2.40. The highest BCUT2D eigenvalue weighted by Gasteiger charge is 2.24. The summed E-state index contributed by atoms with van der Waals surface area (Å²) in [5.74, 6) is 1.87. The van der Waals surface area contributed by atoms with Crippen LogP contribution in [0.2, 0.25) is 0 Å². The van der Waals surface area contributed by atoms with Gasteiger partial charge in [-0.2, -0.15) is 4.80 Å². The van der Waals surface area contributed by atoms with Gasteiger partial charge in [0.05, 0.1) is 32.4 Å². The third-order valence-electron chi connectivity index (χ3n) is 6.01. The number of amides is 1. The molecule has 194 valence electrons. The number of nitrogens with zero attached hydrogens (tertiary/aromatic N) is 7. The number of hydrogen-bond acceptors (Lipinski definition) is 8. The Morgan fingerprint density at radius 3 is 2.67 bits per heavy atom. The van der Waals surface area contributed by atoms with Crippen molar-refractivity contribution >= 4 is 11.7 Å². The predicted octanol–water partition coefficient (Wildman–Crippen LogP) is 3.98. The van der Waals surface area contributed by atoms with Gasteiger partial charge < -0.3 is 15.0 Å². The average Bonchev–Trinajstić information content (AvgIpc) is 3.30. The van der Waals surface area contributed by atoms with Gasteiger partial charge in [0, 0.05) is 24.4 Å². The largest absolute Gasteiger partial charge is 0.481 e. The van der Waals surface area contributed by atoms with Crippen LogP contribution in [0.3, 0.4) is 0 Å². The van der Waals surface area contributed by atoms with Gasteiger partial charge in [-0.05, 0) is 61.1 Å². The summed E-state index contributed by atoms with van der Waals surface area (Å²) in [6.07, 6.45) is 4.63. The molecule has 0 spiro atoms. The van der Waals surface area contributed by atoms with E-state index in [1.807, 2.05) is 30.9 Å². The van der Waals surface area contributed by atoms with Crippen molar-refractivity contribution in [2.24, 2.45) is 13.0 Å². The molecule has 3 heterocycles. The Kier molecular flexibility index (Phi) is 9.32. The van der Waals surface area contributed by atoms with E-state index in [1.54, 1.807) is 20.4 Å². The van der Waals surface area contributed by atoms with Crippen molar-refractivity contribution in [3.05, 3.63) is 41.2 Å². The highest BCUT2D eigenvalue weighted by Crippen LogP contribution is 2.26. The first-order chi connectivity index (χ1) is 17.2. The minimum atomic E-state index is -0.332. The van der Waals surface area contributed by atoms with Crippen LogP contribution in [0.25, 0.3) is 11.4 Å². The van der Waals surface area contributed by atoms with Crippen molar-refractivity contribution in [3.8, 4) is 17.3 Å². The Morgan fingerprint density at radius 1 is 1.25 bits per heavy atom. The average molecular weight is 495 g/mol. The van der Waals surface area contributed by atoms with Gasteiger partial charge in [-0.15, -0.1) is 10.2 Å². The van der Waals surface area contributed by atoms with E-state index >= 15 is 0 Å². The SMILES string of the molecule is CCCCc1cc(-c2nnn(C)n2)c(C)nc1NCN(CC(C)C)C(=O)[C@H](C)c1ccnc(OC)c1. The molecule has 0 saturated carbocycles. The van der Waals surface area contributed by atoms with Crippen LogP contribution in [0.4, 0.5) is 5.82 Å². The molecule has 0 unspecified atom stereocenters. The van der Waals surface area contributed by atoms with Crippen molar-refractivity contribution in [1.29, 1.82) is 0 Å². The van der Waals surface area contributed by atoms with Crippen LogP contribution in [-0.4, -0.2) is 61.3 Å². The van der Waals surface area contributed by atoms with Gasteiger partial charge in [0.25, 0.3) is 0 Å². The summed E-state index contributed by atoms with van der Waals surface area (Å²) < 4.78 is 5.24. The topological polar surface area (TPSA) is 111 Å². The molecule has 0 aliphatic heterocycles. The molecule has 0 bridgehead atoms. The Morgan fingerprint density at radius 2 is 2.03 bits per heavy atom. The van der Waals surface area contributed by atoms with E-state index < -0.39 is 0 Å². The summed E-state index contributed by atoms with van der Waals surface area (Å²) >= 11 is 0. The first-order valence-corrected chi connectivity index (χ1v) is 12.5. The van der Waals surface area contributed by atoms with E-state index in [0.717, 1.165) is 47.5 Å². The summed E-state index contributed by atoms with van der Waals surface area (Å²) in [6, 6.07) is 5.77. The van der Waals surface area contributed by atoms with E-state index in [2.05, 4.69) is 52.5 Å². The van der Waals surface area contributed by atoms with Gasteiger partial charge in [-0.25, -0.2) is 9.97 Å². The fraction of sp³-hybridized carbons (Fsp3) is 0.538. The van der Waals surface area contributed by atoms with Crippen LogP contribution >= 0.6 is 0 Å². The third kappa shape index (κ3) is 6.77. The van der Waals surface area contributed by atoms with E-state index in [-0.39, 0.29) is 11.8 Å². The van der Waals surface area contributed by atoms with E-state index in [9.17, 15) is 4.79 Å². The summed E-state index contributed by atoms with van der Waals surface area (Å²) in [5, 5.41) is 15.9. The molecule has 0 aliphatic carbocycles. The molecule has 0 radical (unpaired) electrons. The Balaban J connectivity index is 1.85. The number of carbonyl (C=O) groups excluding carboxylic acids is 1. The number of unbranched alkanes of at least 4 members (excludes halogenated alkanes) is 1. The van der Waals surface area contributed by atoms with Crippen LogP contribution in [0.1, 0.15) is 63.3 Å². The van der Waals surface area contributed by atoms with Crippen LogP contribution in [0.5, 0.6) is 5.88 Å². The number of methoxy groups -OCH3 is 1. The molecule has 36 heavy (non-hydrogen) atoms. The van der Waals surface area contributed by atoms with Crippen LogP contribution in [0.15, 0.2) is 24.4 Å². The Hall–Kier alpha value is -3.56. The molecule has 1 amide bonds. The molecule has 1 atom stereocenters. The normalized spacial score (nSPS) is 12.0. The Bertz CT molecular complexity index is 1160. The van der Waals surface area contributed by atoms with Crippen molar-refractivity contribution in [2.45, 2.75) is 59.8 Å². The number of aromatic nitrogens is 6. The molecule has 3 rings (SSSR count). The maximum Gasteiger partial charge on any atom is 0.231 e. The summed E-state index contributed by atoms with van der Waals surface area (Å²) in [6.45, 7) is 11.2. The molecule has 10 heteroatoms. The first-order valence-electron chi connectivity index (χ1n) is 12.5. The minimum absolute atomic E-state index is 0.0386. The molecule has 0 saturated heterocycles. The smallest absolute Gasteiger partial charge is 0.231 e. The maximum atomic E-state index is 13.5. The van der Waals surface area contributed by atoms with E-state index in [0.29, 0.717) is 30.8 Å². The molecule has 0 fully saturated rings. The quantitative estimate of drug-likeness (QED) is 0.376. The van der Waals surface area contributed by atoms with Crippen LogP contribution < -0.4 is 10.1 Å². The number of rotatable bonds is 12. The molecular formula is C26H38N8O2. The van der Waals surface area contributed by atoms with Gasteiger partial charge >= 0.3 is 0 Å². The van der Waals surface area contributed by atoms with Gasteiger partial charge in [0.1, 0.15) is 5.82 Å². The Labute approximate surface area is 213 Å². The monoisotopic (exact) mass is 494 g/mol. The standard InChI is InChI=1S/C26H38N8O2/c1-8-9-10-21-13-22(25-30-32-33(6)31-25)19(5)29-24(21)28-16-34(15-17(2)3)26(35)18(4)20-11-12-27-23(14-20)36-7/h11-14,17-18H,8-10,15-16H2,1-7H3,(H,28,29)/t18-/m1/s1. The zero-order chi connectivity index (χ0) is 26.2. The molecule has 0 aliphatic rings. The molecule has 10 nitrogen and oxygen atoms in total. The van der Waals surface area contributed by atoms with E-state index in [1.165, 1.54) is 4.80 Å². The maximum absolute atomic E-state index is 13.5. The zero-order valence-corrected chi connectivity index (χ0v) is 22.4. The van der Waals surface area contributed by atoms with Crippen molar-refractivity contribution in [2.75, 3.05) is 25.6 Å². The lowest BCUT2D eigenvalue weighted by atomic mass is 10.0. The number of aryl methyl sites for hydroxylation is 3. The molecule has 1 N–H and O–H groups in total. The number of carbonyl (C=O) groups is 1. The van der Waals surface area contributed by atoms with E-state index in [4.69, 9.17) is 9.72 Å². The third-order valence-corrected chi connectivity index (χ3v) is 6.01. The van der Waals surface area contributed by atoms with Crippen LogP contribution in [0, 0.1) is 12.8 Å². The van der Waals surface area contributed by atoms with Gasteiger partial charge in [0.2, 0.25) is 17.6 Å². The first kappa shape index (κ1) is 27.0. The highest BCUT2D eigenvalue weighted by atomic mass is 16.5. The number of nitrogens with one attached hydrogen (secondary N) is 1. The van der Waals surface area contributed by atoms with Crippen LogP contribution in [-0.2, 0) is 18.3 Å². The van der Waals surface area contributed by atoms with Gasteiger partial charge in [0.15, 0.2) is 0 Å². The number of pyridine rings is 2. The fourth-order valence-corrected chi connectivity index (χ4v) is 4.04. The molecule has 3 aromatic rings.